The minimum Gasteiger partial charge on any atom is -0.497 e. The van der Waals surface area contributed by atoms with E-state index < -0.39 is 48.5 Å². The highest BCUT2D eigenvalue weighted by atomic mass is 16.7. The number of methoxy groups -OCH3 is 1. The van der Waals surface area contributed by atoms with Crippen LogP contribution in [0.5, 0.6) is 11.5 Å². The minimum atomic E-state index is -1.67. The number of para-hydroxylation sites is 1. The van der Waals surface area contributed by atoms with Crippen LogP contribution in [0.4, 0.5) is 0 Å². The fourth-order valence-corrected chi connectivity index (χ4v) is 3.59. The van der Waals surface area contributed by atoms with Gasteiger partial charge in [0.1, 0.15) is 42.0 Å². The van der Waals surface area contributed by atoms with E-state index >= 15 is 0 Å². The summed E-state index contributed by atoms with van der Waals surface area (Å²) in [6, 6.07) is 14.7. The molecule has 1 aliphatic rings. The number of Topliss-reactive ketones (excluding diaryl/α,β-unsaturated/α-hetero) is 1. The second-order valence-corrected chi connectivity index (χ2v) is 8.19. The van der Waals surface area contributed by atoms with Crippen molar-refractivity contribution in [3.8, 4) is 11.5 Å². The molecule has 4 N–H and O–H groups in total. The third-order valence-corrected chi connectivity index (χ3v) is 5.55. The Morgan fingerprint density at radius 1 is 1.00 bits per heavy atom. The van der Waals surface area contributed by atoms with Crippen molar-refractivity contribution in [1.82, 2.24) is 0 Å². The zero-order chi connectivity index (χ0) is 23.4. The first-order valence-corrected chi connectivity index (χ1v) is 10.5. The molecule has 1 unspecified atom stereocenters. The lowest BCUT2D eigenvalue weighted by Gasteiger charge is -2.41. The SMILES string of the molecule is COc1ccc(Cc2ccccc2O[C@H]2O[C@H](C(O)C(=O)C(C)C)[C@@H](O)[C@H](O)[C@H]2O)cc1. The second-order valence-electron chi connectivity index (χ2n) is 8.19. The molecule has 0 spiro atoms. The van der Waals surface area contributed by atoms with Crippen LogP contribution >= 0.6 is 0 Å². The Hall–Kier alpha value is -2.49. The molecule has 1 fully saturated rings. The number of ether oxygens (including phenoxy) is 3. The Morgan fingerprint density at radius 2 is 1.66 bits per heavy atom. The van der Waals surface area contributed by atoms with Crippen molar-refractivity contribution in [1.29, 1.82) is 0 Å². The maximum atomic E-state index is 12.2. The molecule has 0 aliphatic carbocycles. The van der Waals surface area contributed by atoms with E-state index in [0.717, 1.165) is 16.9 Å². The molecule has 2 aromatic rings. The maximum Gasteiger partial charge on any atom is 0.229 e. The highest BCUT2D eigenvalue weighted by molar-refractivity contribution is 5.85. The summed E-state index contributed by atoms with van der Waals surface area (Å²) in [5.41, 5.74) is 1.79. The summed E-state index contributed by atoms with van der Waals surface area (Å²) in [4.78, 5) is 12.2. The van der Waals surface area contributed by atoms with Crippen molar-refractivity contribution in [3.63, 3.8) is 0 Å². The third-order valence-electron chi connectivity index (χ3n) is 5.55. The summed E-state index contributed by atoms with van der Waals surface area (Å²) < 4.78 is 16.6. The van der Waals surface area contributed by atoms with Gasteiger partial charge in [0, 0.05) is 12.3 Å². The Bertz CT molecular complexity index is 897. The van der Waals surface area contributed by atoms with E-state index in [1.165, 1.54) is 0 Å². The van der Waals surface area contributed by atoms with Crippen molar-refractivity contribution >= 4 is 5.78 Å². The molecular formula is C24H30O8. The Balaban J connectivity index is 1.80. The van der Waals surface area contributed by atoms with Gasteiger partial charge in [-0.25, -0.2) is 0 Å². The Labute approximate surface area is 187 Å². The van der Waals surface area contributed by atoms with Crippen LogP contribution in [-0.4, -0.2) is 70.1 Å². The summed E-state index contributed by atoms with van der Waals surface area (Å²) in [5, 5.41) is 41.4. The Kier molecular flexibility index (Phi) is 7.86. The molecule has 2 aromatic carbocycles. The lowest BCUT2D eigenvalue weighted by Crippen LogP contribution is -2.63. The molecule has 1 heterocycles. The summed E-state index contributed by atoms with van der Waals surface area (Å²) in [7, 11) is 1.60. The lowest BCUT2D eigenvalue weighted by molar-refractivity contribution is -0.285. The number of benzene rings is 2. The summed E-state index contributed by atoms with van der Waals surface area (Å²) in [6.07, 6.45) is -8.90. The topological polar surface area (TPSA) is 126 Å². The first-order valence-electron chi connectivity index (χ1n) is 10.5. The van der Waals surface area contributed by atoms with Crippen LogP contribution in [0.15, 0.2) is 48.5 Å². The van der Waals surface area contributed by atoms with Crippen LogP contribution < -0.4 is 9.47 Å². The van der Waals surface area contributed by atoms with Crippen LogP contribution in [0.2, 0.25) is 0 Å². The van der Waals surface area contributed by atoms with Crippen molar-refractivity contribution < 1.29 is 39.4 Å². The van der Waals surface area contributed by atoms with Crippen LogP contribution in [0, 0.1) is 5.92 Å². The molecule has 0 aromatic heterocycles. The summed E-state index contributed by atoms with van der Waals surface area (Å²) in [5.74, 6) is 0.0927. The largest absolute Gasteiger partial charge is 0.497 e. The van der Waals surface area contributed by atoms with Crippen LogP contribution in [-0.2, 0) is 16.0 Å². The number of hydrogen-bond donors (Lipinski definition) is 4. The van der Waals surface area contributed by atoms with E-state index in [9.17, 15) is 25.2 Å². The fourth-order valence-electron chi connectivity index (χ4n) is 3.59. The fraction of sp³-hybridized carbons (Fsp3) is 0.458. The van der Waals surface area contributed by atoms with Crippen LogP contribution in [0.1, 0.15) is 25.0 Å². The second kappa shape index (κ2) is 10.4. The van der Waals surface area contributed by atoms with E-state index in [1.54, 1.807) is 33.1 Å². The Morgan fingerprint density at radius 3 is 2.28 bits per heavy atom. The van der Waals surface area contributed by atoms with E-state index in [0.29, 0.717) is 12.2 Å². The lowest BCUT2D eigenvalue weighted by atomic mass is 9.90. The number of ketones is 1. The van der Waals surface area contributed by atoms with Gasteiger partial charge in [0.2, 0.25) is 6.29 Å². The average molecular weight is 446 g/mol. The molecule has 6 atom stereocenters. The predicted molar refractivity (Wildman–Crippen MR) is 115 cm³/mol. The number of aliphatic hydroxyl groups is 4. The standard InChI is InChI=1S/C24H30O8/c1-13(2)18(25)20(27)23-21(28)19(26)22(29)24(32-23)31-17-7-5-4-6-15(17)12-14-8-10-16(30-3)11-9-14/h4-11,13,19-24,26-29H,12H2,1-3H3/t19-,20?,21-,22+,23+,24-/m0/s1. The molecule has 0 amide bonds. The first kappa shape index (κ1) is 24.2. The van der Waals surface area contributed by atoms with Gasteiger partial charge in [-0.1, -0.05) is 44.2 Å². The molecular weight excluding hydrogens is 416 g/mol. The van der Waals surface area contributed by atoms with E-state index in [4.69, 9.17) is 14.2 Å². The number of carbonyl (C=O) groups is 1. The van der Waals surface area contributed by atoms with E-state index in [2.05, 4.69) is 0 Å². The molecule has 0 bridgehead atoms. The van der Waals surface area contributed by atoms with Gasteiger partial charge in [-0.3, -0.25) is 4.79 Å². The zero-order valence-corrected chi connectivity index (χ0v) is 18.3. The van der Waals surface area contributed by atoms with Crippen molar-refractivity contribution in [2.24, 2.45) is 5.92 Å². The van der Waals surface area contributed by atoms with Gasteiger partial charge in [-0.05, 0) is 29.3 Å². The molecule has 0 saturated carbocycles. The molecule has 32 heavy (non-hydrogen) atoms. The minimum absolute atomic E-state index is 0.402. The predicted octanol–water partition coefficient (Wildman–Crippen LogP) is 1.06. The van der Waals surface area contributed by atoms with Gasteiger partial charge in [0.25, 0.3) is 0 Å². The molecule has 174 valence electrons. The molecule has 1 saturated heterocycles. The van der Waals surface area contributed by atoms with Crippen molar-refractivity contribution in [3.05, 3.63) is 59.7 Å². The summed E-state index contributed by atoms with van der Waals surface area (Å²) in [6.45, 7) is 3.21. The number of aliphatic hydroxyl groups excluding tert-OH is 4. The molecule has 0 radical (unpaired) electrons. The van der Waals surface area contributed by atoms with E-state index in [1.807, 2.05) is 36.4 Å². The normalized spacial score (nSPS) is 26.6. The van der Waals surface area contributed by atoms with Crippen molar-refractivity contribution in [2.75, 3.05) is 7.11 Å². The number of hydrogen-bond acceptors (Lipinski definition) is 8. The molecule has 8 heteroatoms. The van der Waals surface area contributed by atoms with Gasteiger partial charge in [0.05, 0.1) is 7.11 Å². The number of rotatable bonds is 8. The molecule has 3 rings (SSSR count). The average Bonchev–Trinajstić information content (AvgIpc) is 2.80. The smallest absolute Gasteiger partial charge is 0.229 e. The van der Waals surface area contributed by atoms with Crippen LogP contribution in [0.3, 0.4) is 0 Å². The van der Waals surface area contributed by atoms with E-state index in [-0.39, 0.29) is 0 Å². The number of carbonyl (C=O) groups excluding carboxylic acids is 1. The third kappa shape index (κ3) is 5.28. The quantitative estimate of drug-likeness (QED) is 0.474. The molecule has 1 aliphatic heterocycles. The van der Waals surface area contributed by atoms with Crippen molar-refractivity contribution in [2.45, 2.75) is 57.1 Å². The highest BCUT2D eigenvalue weighted by Gasteiger charge is 2.49. The van der Waals surface area contributed by atoms with Gasteiger partial charge in [0.15, 0.2) is 5.78 Å². The first-order chi connectivity index (χ1) is 15.2. The van der Waals surface area contributed by atoms with Gasteiger partial charge in [-0.15, -0.1) is 0 Å². The highest BCUT2D eigenvalue weighted by Crippen LogP contribution is 2.29. The zero-order valence-electron chi connectivity index (χ0n) is 18.3. The molecule has 8 nitrogen and oxygen atoms in total. The summed E-state index contributed by atoms with van der Waals surface area (Å²) >= 11 is 0. The van der Waals surface area contributed by atoms with Gasteiger partial charge >= 0.3 is 0 Å². The monoisotopic (exact) mass is 446 g/mol. The van der Waals surface area contributed by atoms with Gasteiger partial charge in [-0.2, -0.15) is 0 Å². The maximum absolute atomic E-state index is 12.2. The van der Waals surface area contributed by atoms with Gasteiger partial charge < -0.3 is 34.6 Å². The van der Waals surface area contributed by atoms with Crippen LogP contribution in [0.25, 0.3) is 0 Å².